The van der Waals surface area contributed by atoms with E-state index >= 15 is 0 Å². The van der Waals surface area contributed by atoms with Gasteiger partial charge < -0.3 is 9.39 Å². The molecule has 0 aliphatic rings. The van der Waals surface area contributed by atoms with Gasteiger partial charge in [0.1, 0.15) is 12.9 Å². The van der Waals surface area contributed by atoms with Gasteiger partial charge >= 0.3 is 10.4 Å². The molecule has 0 N–H and O–H groups in total. The summed E-state index contributed by atoms with van der Waals surface area (Å²) in [4.78, 5) is 8.52. The lowest BCUT2D eigenvalue weighted by molar-refractivity contribution is 0.215. The Morgan fingerprint density at radius 1 is 1.58 bits per heavy atom. The van der Waals surface area contributed by atoms with Crippen molar-refractivity contribution in [2.24, 2.45) is 5.16 Å². The Balaban J connectivity index is 2.51. The van der Waals surface area contributed by atoms with Crippen LogP contribution in [-0.4, -0.2) is 28.6 Å². The highest BCUT2D eigenvalue weighted by Crippen LogP contribution is 2.21. The molecule has 1 atom stereocenters. The van der Waals surface area contributed by atoms with E-state index in [1.54, 1.807) is 5.38 Å². The van der Waals surface area contributed by atoms with E-state index in [0.717, 1.165) is 11.3 Å². The second-order valence-corrected chi connectivity index (χ2v) is 5.85. The Kier molecular flexibility index (Phi) is 6.89. The lowest BCUT2D eigenvalue weighted by atomic mass is 10.4. The number of aromatic nitrogens is 1. The van der Waals surface area contributed by atoms with Gasteiger partial charge in [-0.15, -0.1) is 0 Å². The second-order valence-electron chi connectivity index (χ2n) is 3.24. The summed E-state index contributed by atoms with van der Waals surface area (Å²) in [6, 6.07) is 0. The van der Waals surface area contributed by atoms with Crippen molar-refractivity contribution in [3.05, 3.63) is 23.0 Å². The van der Waals surface area contributed by atoms with Crippen LogP contribution in [0.3, 0.4) is 0 Å². The van der Waals surface area contributed by atoms with Crippen LogP contribution in [0.1, 0.15) is 12.1 Å². The SMILES string of the molecule is CO/N=C/Cc1csc([S@@+]([O-])CCC(F)=C(F)F)n1. The van der Waals surface area contributed by atoms with E-state index in [4.69, 9.17) is 0 Å². The summed E-state index contributed by atoms with van der Waals surface area (Å²) in [5.74, 6) is -1.75. The van der Waals surface area contributed by atoms with Crippen LogP contribution >= 0.6 is 11.3 Å². The molecular weight excluding hydrogens is 301 g/mol. The zero-order valence-electron chi connectivity index (χ0n) is 9.94. The van der Waals surface area contributed by atoms with Crippen molar-refractivity contribution in [1.29, 1.82) is 0 Å². The summed E-state index contributed by atoms with van der Waals surface area (Å²) in [6.45, 7) is 0. The zero-order chi connectivity index (χ0) is 14.3. The fourth-order valence-corrected chi connectivity index (χ4v) is 3.19. The lowest BCUT2D eigenvalue weighted by Gasteiger charge is -2.05. The third kappa shape index (κ3) is 5.62. The maximum Gasteiger partial charge on any atom is 0.301 e. The van der Waals surface area contributed by atoms with Crippen LogP contribution in [-0.2, 0) is 22.4 Å². The maximum absolute atomic E-state index is 12.6. The molecule has 0 amide bonds. The highest BCUT2D eigenvalue weighted by atomic mass is 32.2. The molecule has 0 aliphatic carbocycles. The van der Waals surface area contributed by atoms with Crippen molar-refractivity contribution in [1.82, 2.24) is 4.98 Å². The number of halogens is 3. The maximum atomic E-state index is 12.6. The smallest absolute Gasteiger partial charge is 0.301 e. The van der Waals surface area contributed by atoms with E-state index in [1.165, 1.54) is 13.3 Å². The predicted molar refractivity (Wildman–Crippen MR) is 67.6 cm³/mol. The summed E-state index contributed by atoms with van der Waals surface area (Å²) in [6.07, 6.45) is -1.03. The molecule has 0 aromatic carbocycles. The van der Waals surface area contributed by atoms with Crippen LogP contribution in [0.25, 0.3) is 0 Å². The standard InChI is InChI=1S/C10H11F3N2O2S2/c1-17-14-4-2-7-6-18-10(15-7)19(16)5-3-8(11)9(12)13/h4,6H,2-3,5H2,1H3/b14-4+/t19-/m0/s1. The predicted octanol–water partition coefficient (Wildman–Crippen LogP) is 2.89. The number of oxime groups is 1. The first-order valence-corrected chi connectivity index (χ1v) is 7.32. The number of thiazole rings is 1. The van der Waals surface area contributed by atoms with Crippen molar-refractivity contribution in [2.45, 2.75) is 17.2 Å². The van der Waals surface area contributed by atoms with Crippen molar-refractivity contribution in [3.63, 3.8) is 0 Å². The summed E-state index contributed by atoms with van der Waals surface area (Å²) < 4.78 is 48.2. The second kappa shape index (κ2) is 8.18. The number of allylic oxidation sites excluding steroid dienone is 1. The van der Waals surface area contributed by atoms with Crippen LogP contribution in [0.5, 0.6) is 0 Å². The summed E-state index contributed by atoms with van der Waals surface area (Å²) in [5.41, 5.74) is 0.641. The molecule has 9 heteroatoms. The quantitative estimate of drug-likeness (QED) is 0.442. The van der Waals surface area contributed by atoms with E-state index in [0.29, 0.717) is 12.1 Å². The molecule has 1 heterocycles. The molecule has 0 spiro atoms. The molecule has 4 nitrogen and oxygen atoms in total. The average molecular weight is 312 g/mol. The van der Waals surface area contributed by atoms with Crippen molar-refractivity contribution >= 4 is 28.7 Å². The minimum atomic E-state index is -2.37. The molecule has 0 bridgehead atoms. The normalized spacial score (nSPS) is 12.7. The van der Waals surface area contributed by atoms with Crippen molar-refractivity contribution in [3.8, 4) is 0 Å². The third-order valence-electron chi connectivity index (χ3n) is 1.92. The van der Waals surface area contributed by atoms with Crippen LogP contribution in [0.2, 0.25) is 0 Å². The van der Waals surface area contributed by atoms with Gasteiger partial charge in [0.2, 0.25) is 0 Å². The van der Waals surface area contributed by atoms with E-state index in [-0.39, 0.29) is 10.1 Å². The van der Waals surface area contributed by atoms with Gasteiger partial charge in [-0.2, -0.15) is 13.8 Å². The summed E-state index contributed by atoms with van der Waals surface area (Å²) in [7, 11) is 1.41. The number of hydrogen-bond donors (Lipinski definition) is 0. The molecule has 106 valence electrons. The monoisotopic (exact) mass is 312 g/mol. The zero-order valence-corrected chi connectivity index (χ0v) is 11.6. The Labute approximate surface area is 115 Å². The van der Waals surface area contributed by atoms with Crippen LogP contribution < -0.4 is 0 Å². The van der Waals surface area contributed by atoms with Crippen LogP contribution in [0.4, 0.5) is 13.2 Å². The molecule has 19 heavy (non-hydrogen) atoms. The number of nitrogens with zero attached hydrogens (tertiary/aromatic N) is 2. The highest BCUT2D eigenvalue weighted by Gasteiger charge is 2.18. The molecule has 1 aromatic heterocycles. The highest BCUT2D eigenvalue weighted by molar-refractivity contribution is 7.93. The number of hydrogen-bond acceptors (Lipinski definition) is 5. The molecule has 0 fully saturated rings. The van der Waals surface area contributed by atoms with Gasteiger partial charge in [0.05, 0.1) is 12.1 Å². The van der Waals surface area contributed by atoms with E-state index in [2.05, 4.69) is 15.0 Å². The Hall–Kier alpha value is -1.06. The third-order valence-corrected chi connectivity index (χ3v) is 4.50. The molecule has 0 saturated heterocycles. The van der Waals surface area contributed by atoms with Gasteiger partial charge in [-0.1, -0.05) is 16.5 Å². The minimum absolute atomic E-state index is 0.220. The first-order valence-electron chi connectivity index (χ1n) is 5.12. The molecule has 1 aromatic rings. The van der Waals surface area contributed by atoms with Crippen LogP contribution in [0, 0.1) is 0 Å². The molecule has 0 saturated carbocycles. The first kappa shape index (κ1) is 16.0. The summed E-state index contributed by atoms with van der Waals surface area (Å²) in [5, 5.41) is 5.20. The topological polar surface area (TPSA) is 57.5 Å². The first-order chi connectivity index (χ1) is 9.04. The van der Waals surface area contributed by atoms with E-state index in [1.807, 2.05) is 0 Å². The fraction of sp³-hybridized carbons (Fsp3) is 0.400. The van der Waals surface area contributed by atoms with E-state index in [9.17, 15) is 17.7 Å². The Bertz CT molecular complexity index is 461. The molecule has 0 unspecified atom stereocenters. The van der Waals surface area contributed by atoms with Gasteiger partial charge in [0.15, 0.2) is 5.83 Å². The molecule has 1 rings (SSSR count). The van der Waals surface area contributed by atoms with Crippen molar-refractivity contribution in [2.75, 3.05) is 12.9 Å². The summed E-state index contributed by atoms with van der Waals surface area (Å²) >= 11 is -0.447. The largest absolute Gasteiger partial charge is 0.610 e. The van der Waals surface area contributed by atoms with Gasteiger partial charge in [-0.25, -0.2) is 4.39 Å². The van der Waals surface area contributed by atoms with Crippen molar-refractivity contribution < 1.29 is 22.6 Å². The van der Waals surface area contributed by atoms with Gasteiger partial charge in [0, 0.05) is 29.2 Å². The van der Waals surface area contributed by atoms with Gasteiger partial charge in [-0.05, 0) is 0 Å². The Morgan fingerprint density at radius 2 is 2.32 bits per heavy atom. The lowest BCUT2D eigenvalue weighted by Crippen LogP contribution is -2.07. The molecule has 0 aliphatic heterocycles. The number of rotatable bonds is 7. The van der Waals surface area contributed by atoms with Crippen LogP contribution in [0.15, 0.2) is 26.8 Å². The molecule has 0 radical (unpaired) electrons. The Morgan fingerprint density at radius 3 is 2.95 bits per heavy atom. The average Bonchev–Trinajstić information content (AvgIpc) is 2.84. The van der Waals surface area contributed by atoms with Gasteiger partial charge in [0.25, 0.3) is 0 Å². The van der Waals surface area contributed by atoms with E-state index < -0.39 is 29.5 Å². The fourth-order valence-electron chi connectivity index (χ4n) is 1.06. The van der Waals surface area contributed by atoms with Gasteiger partial charge in [-0.3, -0.25) is 0 Å². The molecular formula is C10H11F3N2O2S2. The minimum Gasteiger partial charge on any atom is -0.610 e.